The Morgan fingerprint density at radius 2 is 2.05 bits per heavy atom. The summed E-state index contributed by atoms with van der Waals surface area (Å²) in [6.07, 6.45) is 8.38. The van der Waals surface area contributed by atoms with Crippen LogP contribution in [0.2, 0.25) is 0 Å². The average molecular weight is 307 g/mol. The maximum absolute atomic E-state index is 6.23. The van der Waals surface area contributed by atoms with Gasteiger partial charge in [0.05, 0.1) is 11.2 Å². The van der Waals surface area contributed by atoms with Crippen LogP contribution in [-0.4, -0.2) is 26.0 Å². The smallest absolute Gasteiger partial charge is 0.152 e. The maximum Gasteiger partial charge on any atom is 0.152 e. The van der Waals surface area contributed by atoms with Gasteiger partial charge >= 0.3 is 0 Å². The molecule has 4 nitrogen and oxygen atoms in total. The molecule has 2 aromatic heterocycles. The first-order chi connectivity index (χ1) is 9.93. The van der Waals surface area contributed by atoms with Crippen molar-refractivity contribution in [2.24, 2.45) is 0 Å². The zero-order chi connectivity index (χ0) is 15.1. The highest BCUT2D eigenvalue weighted by Crippen LogP contribution is 2.35. The largest absolute Gasteiger partial charge is 0.362 e. The van der Waals surface area contributed by atoms with Gasteiger partial charge in [-0.1, -0.05) is 33.6 Å². The minimum atomic E-state index is -0.0113. The Labute approximate surface area is 130 Å². The molecular formula is C16H23ClN4. The second-order valence-corrected chi connectivity index (χ2v) is 7.40. The van der Waals surface area contributed by atoms with Crippen molar-refractivity contribution in [3.63, 3.8) is 0 Å². The standard InChI is InChI=1S/C16H23ClN4/c1-15(2,3)13-10-12-14(18-8-9-21(12)20-13)19-16(11-17)6-4-5-7-16/h8-10H,4-7,11H2,1-3H3,(H,18,19). The molecule has 1 aliphatic carbocycles. The van der Waals surface area contributed by atoms with Crippen molar-refractivity contribution in [2.75, 3.05) is 11.2 Å². The molecule has 1 saturated carbocycles. The SMILES string of the molecule is CC(C)(C)c1cc2c(NC3(CCl)CCCC3)nccn2n1. The van der Waals surface area contributed by atoms with Crippen LogP contribution in [0.3, 0.4) is 0 Å². The highest BCUT2D eigenvalue weighted by Gasteiger charge is 2.34. The van der Waals surface area contributed by atoms with Gasteiger partial charge in [0.25, 0.3) is 0 Å². The van der Waals surface area contributed by atoms with Crippen molar-refractivity contribution < 1.29 is 0 Å². The molecule has 0 saturated heterocycles. The predicted octanol–water partition coefficient (Wildman–Crippen LogP) is 3.99. The van der Waals surface area contributed by atoms with Crippen LogP contribution in [0.15, 0.2) is 18.5 Å². The lowest BCUT2D eigenvalue weighted by atomic mass is 9.92. The first-order valence-corrected chi connectivity index (χ1v) is 8.16. The predicted molar refractivity (Wildman–Crippen MR) is 87.2 cm³/mol. The molecule has 1 N–H and O–H groups in total. The van der Waals surface area contributed by atoms with Crippen molar-refractivity contribution in [3.05, 3.63) is 24.2 Å². The fourth-order valence-corrected chi connectivity index (χ4v) is 3.31. The first kappa shape index (κ1) is 14.6. The highest BCUT2D eigenvalue weighted by atomic mass is 35.5. The van der Waals surface area contributed by atoms with E-state index in [1.54, 1.807) is 6.20 Å². The van der Waals surface area contributed by atoms with E-state index in [1.807, 2.05) is 10.7 Å². The molecule has 0 aliphatic heterocycles. The van der Waals surface area contributed by atoms with Gasteiger partial charge in [0.15, 0.2) is 5.82 Å². The molecule has 0 atom stereocenters. The number of hydrogen-bond donors (Lipinski definition) is 1. The third-order valence-corrected chi connectivity index (χ3v) is 4.87. The monoisotopic (exact) mass is 306 g/mol. The lowest BCUT2D eigenvalue weighted by Crippen LogP contribution is -2.37. The number of nitrogens with one attached hydrogen (secondary N) is 1. The van der Waals surface area contributed by atoms with Crippen LogP contribution in [0, 0.1) is 0 Å². The normalized spacial score (nSPS) is 18.3. The number of anilines is 1. The van der Waals surface area contributed by atoms with E-state index in [0.29, 0.717) is 5.88 Å². The van der Waals surface area contributed by atoms with Crippen LogP contribution in [-0.2, 0) is 5.41 Å². The number of nitrogens with zero attached hydrogens (tertiary/aromatic N) is 3. The Morgan fingerprint density at radius 1 is 1.33 bits per heavy atom. The summed E-state index contributed by atoms with van der Waals surface area (Å²) < 4.78 is 1.91. The second kappa shape index (κ2) is 5.16. The van der Waals surface area contributed by atoms with Gasteiger partial charge in [0.1, 0.15) is 5.52 Å². The summed E-state index contributed by atoms with van der Waals surface area (Å²) in [5.74, 6) is 1.51. The third-order valence-electron chi connectivity index (χ3n) is 4.36. The van der Waals surface area contributed by atoms with Crippen LogP contribution < -0.4 is 5.32 Å². The van der Waals surface area contributed by atoms with Crippen molar-refractivity contribution in [1.82, 2.24) is 14.6 Å². The second-order valence-electron chi connectivity index (χ2n) is 7.13. The quantitative estimate of drug-likeness (QED) is 0.872. The third kappa shape index (κ3) is 2.73. The van der Waals surface area contributed by atoms with E-state index in [0.717, 1.165) is 29.9 Å². The number of aromatic nitrogens is 3. The highest BCUT2D eigenvalue weighted by molar-refractivity contribution is 6.18. The van der Waals surface area contributed by atoms with Crippen LogP contribution in [0.4, 0.5) is 5.82 Å². The first-order valence-electron chi connectivity index (χ1n) is 7.63. The molecule has 5 heteroatoms. The molecule has 2 heterocycles. The zero-order valence-electron chi connectivity index (χ0n) is 13.0. The van der Waals surface area contributed by atoms with Crippen LogP contribution in [0.1, 0.15) is 52.1 Å². The summed E-state index contributed by atoms with van der Waals surface area (Å²) in [5.41, 5.74) is 2.12. The van der Waals surface area contributed by atoms with Gasteiger partial charge in [-0.15, -0.1) is 11.6 Å². The van der Waals surface area contributed by atoms with Gasteiger partial charge in [-0.25, -0.2) is 9.50 Å². The fraction of sp³-hybridized carbons (Fsp3) is 0.625. The summed E-state index contributed by atoms with van der Waals surface area (Å²) in [6, 6.07) is 2.13. The molecule has 2 aromatic rings. The molecule has 1 aliphatic rings. The topological polar surface area (TPSA) is 42.2 Å². The Kier molecular flexibility index (Phi) is 3.60. The van der Waals surface area contributed by atoms with E-state index in [-0.39, 0.29) is 11.0 Å². The van der Waals surface area contributed by atoms with Crippen molar-refractivity contribution >= 4 is 22.9 Å². The van der Waals surface area contributed by atoms with Crippen molar-refractivity contribution in [1.29, 1.82) is 0 Å². The van der Waals surface area contributed by atoms with Gasteiger partial charge < -0.3 is 5.32 Å². The summed E-state index contributed by atoms with van der Waals surface area (Å²) >= 11 is 6.23. The summed E-state index contributed by atoms with van der Waals surface area (Å²) in [5, 5.41) is 8.28. The van der Waals surface area contributed by atoms with E-state index >= 15 is 0 Å². The number of hydrogen-bond acceptors (Lipinski definition) is 3. The van der Waals surface area contributed by atoms with E-state index < -0.39 is 0 Å². The lowest BCUT2D eigenvalue weighted by molar-refractivity contribution is 0.537. The molecule has 21 heavy (non-hydrogen) atoms. The van der Waals surface area contributed by atoms with Gasteiger partial charge in [0.2, 0.25) is 0 Å². The number of rotatable bonds is 3. The molecule has 0 radical (unpaired) electrons. The van der Waals surface area contributed by atoms with E-state index in [4.69, 9.17) is 11.6 Å². The average Bonchev–Trinajstić information content (AvgIpc) is 3.05. The van der Waals surface area contributed by atoms with E-state index in [1.165, 1.54) is 12.8 Å². The van der Waals surface area contributed by atoms with Gasteiger partial charge in [-0.2, -0.15) is 5.10 Å². The molecular weight excluding hydrogens is 284 g/mol. The fourth-order valence-electron chi connectivity index (χ4n) is 2.98. The van der Waals surface area contributed by atoms with Crippen LogP contribution >= 0.6 is 11.6 Å². The Hall–Kier alpha value is -1.29. The Morgan fingerprint density at radius 3 is 2.67 bits per heavy atom. The van der Waals surface area contributed by atoms with Gasteiger partial charge in [-0.05, 0) is 18.9 Å². The number of halogens is 1. The Balaban J connectivity index is 2.00. The molecule has 0 unspecified atom stereocenters. The zero-order valence-corrected chi connectivity index (χ0v) is 13.7. The van der Waals surface area contributed by atoms with Crippen LogP contribution in [0.25, 0.3) is 5.52 Å². The minimum absolute atomic E-state index is 0.0113. The Bertz CT molecular complexity index is 635. The molecule has 0 bridgehead atoms. The summed E-state index contributed by atoms with van der Waals surface area (Å²) in [6.45, 7) is 6.52. The maximum atomic E-state index is 6.23. The molecule has 0 amide bonds. The van der Waals surface area contributed by atoms with Crippen LogP contribution in [0.5, 0.6) is 0 Å². The summed E-state index contributed by atoms with van der Waals surface area (Å²) in [4.78, 5) is 4.53. The van der Waals surface area contributed by atoms with Gasteiger partial charge in [-0.3, -0.25) is 0 Å². The lowest BCUT2D eigenvalue weighted by Gasteiger charge is -2.28. The van der Waals surface area contributed by atoms with E-state index in [9.17, 15) is 0 Å². The summed E-state index contributed by atoms with van der Waals surface area (Å²) in [7, 11) is 0. The van der Waals surface area contributed by atoms with Gasteiger partial charge in [0, 0.05) is 23.7 Å². The molecule has 3 rings (SSSR count). The molecule has 0 aromatic carbocycles. The van der Waals surface area contributed by atoms with Crippen molar-refractivity contribution in [2.45, 2.75) is 57.4 Å². The molecule has 1 fully saturated rings. The number of fused-ring (bicyclic) bond motifs is 1. The minimum Gasteiger partial charge on any atom is -0.362 e. The molecule has 114 valence electrons. The van der Waals surface area contributed by atoms with E-state index in [2.05, 4.69) is 42.2 Å². The van der Waals surface area contributed by atoms with Crippen molar-refractivity contribution in [3.8, 4) is 0 Å². The number of alkyl halides is 1. The molecule has 0 spiro atoms.